The summed E-state index contributed by atoms with van der Waals surface area (Å²) >= 11 is 3.42. The monoisotopic (exact) mass is 297 g/mol. The Kier molecular flexibility index (Phi) is 3.75. The SMILES string of the molecule is CCc1c(OCC#N)cc(Br)c2c1OCCO2. The predicted octanol–water partition coefficient (Wildman–Crippen LogP) is 2.69. The Labute approximate surface area is 108 Å². The second-order valence-electron chi connectivity index (χ2n) is 3.49. The molecule has 0 atom stereocenters. The Morgan fingerprint density at radius 3 is 2.76 bits per heavy atom. The summed E-state index contributed by atoms with van der Waals surface area (Å²) < 4.78 is 17.4. The molecular weight excluding hydrogens is 286 g/mol. The highest BCUT2D eigenvalue weighted by atomic mass is 79.9. The van der Waals surface area contributed by atoms with Crippen LogP contribution in [0.1, 0.15) is 12.5 Å². The van der Waals surface area contributed by atoms with Crippen molar-refractivity contribution < 1.29 is 14.2 Å². The summed E-state index contributed by atoms with van der Waals surface area (Å²) in [6.45, 7) is 3.13. The van der Waals surface area contributed by atoms with Crippen LogP contribution in [0.2, 0.25) is 0 Å². The Morgan fingerprint density at radius 1 is 1.41 bits per heavy atom. The number of benzene rings is 1. The predicted molar refractivity (Wildman–Crippen MR) is 65.6 cm³/mol. The Morgan fingerprint density at radius 2 is 2.12 bits per heavy atom. The molecule has 0 fully saturated rings. The van der Waals surface area contributed by atoms with Crippen LogP contribution >= 0.6 is 15.9 Å². The molecule has 0 saturated carbocycles. The highest BCUT2D eigenvalue weighted by Crippen LogP contribution is 2.45. The van der Waals surface area contributed by atoms with Gasteiger partial charge in [0.25, 0.3) is 0 Å². The third kappa shape index (κ3) is 2.32. The molecule has 5 heteroatoms. The molecule has 0 spiro atoms. The summed E-state index contributed by atoms with van der Waals surface area (Å²) in [7, 11) is 0. The zero-order chi connectivity index (χ0) is 12.3. The van der Waals surface area contributed by atoms with Crippen LogP contribution < -0.4 is 14.2 Å². The fraction of sp³-hybridized carbons (Fsp3) is 0.417. The van der Waals surface area contributed by atoms with E-state index in [1.54, 1.807) is 0 Å². The van der Waals surface area contributed by atoms with Gasteiger partial charge in [-0.2, -0.15) is 5.26 Å². The minimum atomic E-state index is 0.0269. The summed E-state index contributed by atoms with van der Waals surface area (Å²) in [6, 6.07) is 3.78. The Hall–Kier alpha value is -1.41. The number of nitriles is 1. The van der Waals surface area contributed by atoms with Gasteiger partial charge in [-0.15, -0.1) is 0 Å². The topological polar surface area (TPSA) is 51.5 Å². The average molecular weight is 298 g/mol. The summed E-state index contributed by atoms with van der Waals surface area (Å²) in [6.07, 6.45) is 0.764. The van der Waals surface area contributed by atoms with Crippen LogP contribution in [0.25, 0.3) is 0 Å². The molecule has 0 unspecified atom stereocenters. The lowest BCUT2D eigenvalue weighted by Gasteiger charge is -2.23. The van der Waals surface area contributed by atoms with Crippen LogP contribution in [0.3, 0.4) is 0 Å². The van der Waals surface area contributed by atoms with E-state index < -0.39 is 0 Å². The molecular formula is C12H12BrNO3. The van der Waals surface area contributed by atoms with Crippen molar-refractivity contribution in [2.24, 2.45) is 0 Å². The van der Waals surface area contributed by atoms with Crippen LogP contribution in [0.5, 0.6) is 17.2 Å². The first-order valence-electron chi connectivity index (χ1n) is 5.38. The maximum atomic E-state index is 8.56. The lowest BCUT2D eigenvalue weighted by atomic mass is 10.1. The van der Waals surface area contributed by atoms with Crippen LogP contribution in [-0.4, -0.2) is 19.8 Å². The van der Waals surface area contributed by atoms with E-state index >= 15 is 0 Å². The normalized spacial score (nSPS) is 13.0. The molecule has 0 radical (unpaired) electrons. The van der Waals surface area contributed by atoms with Crippen molar-refractivity contribution in [2.75, 3.05) is 19.8 Å². The van der Waals surface area contributed by atoms with Gasteiger partial charge in [-0.1, -0.05) is 6.92 Å². The summed E-state index contributed by atoms with van der Waals surface area (Å²) in [5, 5.41) is 8.56. The van der Waals surface area contributed by atoms with Gasteiger partial charge in [0, 0.05) is 5.56 Å². The Bertz CT molecular complexity index is 468. The molecule has 0 bridgehead atoms. The van der Waals surface area contributed by atoms with Gasteiger partial charge >= 0.3 is 0 Å². The fourth-order valence-electron chi connectivity index (χ4n) is 1.77. The molecule has 2 rings (SSSR count). The number of hydrogen-bond donors (Lipinski definition) is 0. The van der Waals surface area contributed by atoms with E-state index in [4.69, 9.17) is 19.5 Å². The smallest absolute Gasteiger partial charge is 0.176 e. The van der Waals surface area contributed by atoms with E-state index in [9.17, 15) is 0 Å². The van der Waals surface area contributed by atoms with Gasteiger partial charge in [-0.25, -0.2) is 0 Å². The molecule has 0 amide bonds. The van der Waals surface area contributed by atoms with Gasteiger partial charge in [0.2, 0.25) is 0 Å². The molecule has 1 aromatic rings. The standard InChI is InChI=1S/C12H12BrNO3/c1-2-8-10(15-4-3-14)7-9(13)12-11(8)16-5-6-17-12/h7H,2,4-6H2,1H3. The number of fused-ring (bicyclic) bond motifs is 1. The minimum Gasteiger partial charge on any atom is -0.486 e. The maximum Gasteiger partial charge on any atom is 0.176 e. The number of hydrogen-bond acceptors (Lipinski definition) is 4. The first-order valence-corrected chi connectivity index (χ1v) is 6.18. The molecule has 90 valence electrons. The second kappa shape index (κ2) is 5.28. The van der Waals surface area contributed by atoms with Crippen molar-refractivity contribution in [3.63, 3.8) is 0 Å². The van der Waals surface area contributed by atoms with E-state index in [1.807, 2.05) is 19.1 Å². The van der Waals surface area contributed by atoms with E-state index in [1.165, 1.54) is 0 Å². The maximum absolute atomic E-state index is 8.56. The first-order chi connectivity index (χ1) is 8.27. The van der Waals surface area contributed by atoms with Gasteiger partial charge in [0.15, 0.2) is 18.1 Å². The van der Waals surface area contributed by atoms with Crippen LogP contribution in [0, 0.1) is 11.3 Å². The molecule has 1 aliphatic heterocycles. The van der Waals surface area contributed by atoms with E-state index in [0.717, 1.165) is 28.0 Å². The number of rotatable bonds is 3. The van der Waals surface area contributed by atoms with E-state index in [2.05, 4.69) is 15.9 Å². The van der Waals surface area contributed by atoms with E-state index in [-0.39, 0.29) is 6.61 Å². The third-order valence-corrected chi connectivity index (χ3v) is 3.06. The molecule has 0 N–H and O–H groups in total. The molecule has 0 aliphatic carbocycles. The van der Waals surface area contributed by atoms with Gasteiger partial charge in [0.1, 0.15) is 25.0 Å². The highest BCUT2D eigenvalue weighted by Gasteiger charge is 2.22. The zero-order valence-corrected chi connectivity index (χ0v) is 11.0. The second-order valence-corrected chi connectivity index (χ2v) is 4.34. The Balaban J connectivity index is 2.46. The number of nitrogens with zero attached hydrogens (tertiary/aromatic N) is 1. The molecule has 1 heterocycles. The van der Waals surface area contributed by atoms with Gasteiger partial charge in [-0.3, -0.25) is 0 Å². The number of ether oxygens (including phenoxy) is 3. The molecule has 0 saturated heterocycles. The third-order valence-electron chi connectivity index (χ3n) is 2.47. The van der Waals surface area contributed by atoms with Crippen molar-refractivity contribution >= 4 is 15.9 Å². The molecule has 0 aromatic heterocycles. The molecule has 17 heavy (non-hydrogen) atoms. The summed E-state index contributed by atoms with van der Waals surface area (Å²) in [4.78, 5) is 0. The average Bonchev–Trinajstić information content (AvgIpc) is 2.36. The molecule has 4 nitrogen and oxygen atoms in total. The quantitative estimate of drug-likeness (QED) is 0.861. The fourth-order valence-corrected chi connectivity index (χ4v) is 2.28. The largest absolute Gasteiger partial charge is 0.486 e. The van der Waals surface area contributed by atoms with Gasteiger partial charge in [-0.05, 0) is 28.4 Å². The molecule has 1 aromatic carbocycles. The van der Waals surface area contributed by atoms with Crippen molar-refractivity contribution in [1.82, 2.24) is 0 Å². The van der Waals surface area contributed by atoms with Crippen LogP contribution in [0.4, 0.5) is 0 Å². The van der Waals surface area contributed by atoms with Crippen molar-refractivity contribution in [3.05, 3.63) is 16.1 Å². The van der Waals surface area contributed by atoms with E-state index in [0.29, 0.717) is 19.0 Å². The first kappa shape index (κ1) is 12.1. The number of halogens is 1. The van der Waals surface area contributed by atoms with Gasteiger partial charge < -0.3 is 14.2 Å². The van der Waals surface area contributed by atoms with Crippen LogP contribution in [-0.2, 0) is 6.42 Å². The van der Waals surface area contributed by atoms with Crippen molar-refractivity contribution in [1.29, 1.82) is 5.26 Å². The summed E-state index contributed by atoms with van der Waals surface area (Å²) in [5.74, 6) is 2.11. The van der Waals surface area contributed by atoms with Crippen molar-refractivity contribution in [3.8, 4) is 23.3 Å². The molecule has 1 aliphatic rings. The lowest BCUT2D eigenvalue weighted by Crippen LogP contribution is -2.17. The zero-order valence-electron chi connectivity index (χ0n) is 9.46. The van der Waals surface area contributed by atoms with Gasteiger partial charge in [0.05, 0.1) is 4.47 Å². The van der Waals surface area contributed by atoms with Crippen molar-refractivity contribution in [2.45, 2.75) is 13.3 Å². The highest BCUT2D eigenvalue weighted by molar-refractivity contribution is 9.10. The minimum absolute atomic E-state index is 0.0269. The summed E-state index contributed by atoms with van der Waals surface area (Å²) in [5.41, 5.74) is 0.943. The van der Waals surface area contributed by atoms with Crippen LogP contribution in [0.15, 0.2) is 10.5 Å². The lowest BCUT2D eigenvalue weighted by molar-refractivity contribution is 0.167.